The van der Waals surface area contributed by atoms with Crippen molar-refractivity contribution in [2.24, 2.45) is 0 Å². The van der Waals surface area contributed by atoms with E-state index in [4.69, 9.17) is 10.5 Å². The summed E-state index contributed by atoms with van der Waals surface area (Å²) < 4.78 is 6.25. The molecule has 110 valence electrons. The molecule has 0 unspecified atom stereocenters. The van der Waals surface area contributed by atoms with E-state index in [0.29, 0.717) is 11.6 Å². The fraction of sp³-hybridized carbons (Fsp3) is 0.333. The molecule has 2 aromatic carbocycles. The number of anilines is 1. The van der Waals surface area contributed by atoms with Crippen LogP contribution < -0.4 is 10.5 Å². The molecular weight excluding hydrogens is 260 g/mol. The Labute approximate surface area is 126 Å². The van der Waals surface area contributed by atoms with E-state index in [1.54, 1.807) is 0 Å². The zero-order valence-electron chi connectivity index (χ0n) is 12.4. The van der Waals surface area contributed by atoms with Gasteiger partial charge in [0.25, 0.3) is 0 Å². The van der Waals surface area contributed by atoms with Gasteiger partial charge in [-0.1, -0.05) is 42.5 Å². The molecule has 1 saturated heterocycles. The molecule has 1 heterocycles. The molecule has 0 aliphatic carbocycles. The summed E-state index contributed by atoms with van der Waals surface area (Å²) in [5.41, 5.74) is 8.06. The lowest BCUT2D eigenvalue weighted by Gasteiger charge is -2.37. The minimum Gasteiger partial charge on any atom is -0.488 e. The Kier molecular flexibility index (Phi) is 4.11. The standard InChI is InChI=1S/C18H22N2O/c1-20-12-11-17(21-18-10-6-5-9-16(18)19)15(13-20)14-7-3-2-4-8-14/h2-10,15,17H,11-13,19H2,1H3/t15-,17+/m0/s1. The topological polar surface area (TPSA) is 38.5 Å². The molecule has 3 rings (SSSR count). The number of nitrogen functional groups attached to an aromatic ring is 1. The van der Waals surface area contributed by atoms with Crippen molar-refractivity contribution in [2.45, 2.75) is 18.4 Å². The van der Waals surface area contributed by atoms with Crippen LogP contribution in [-0.4, -0.2) is 31.1 Å². The minimum atomic E-state index is 0.174. The number of likely N-dealkylation sites (N-methyl/N-ethyl adjacent to an activating group) is 1. The lowest BCUT2D eigenvalue weighted by molar-refractivity contribution is 0.0908. The average molecular weight is 282 g/mol. The minimum absolute atomic E-state index is 0.174. The van der Waals surface area contributed by atoms with Crippen LogP contribution in [0.2, 0.25) is 0 Å². The number of nitrogens with two attached hydrogens (primary N) is 1. The van der Waals surface area contributed by atoms with Crippen LogP contribution in [0.25, 0.3) is 0 Å². The fourth-order valence-electron chi connectivity index (χ4n) is 3.01. The van der Waals surface area contributed by atoms with Crippen molar-refractivity contribution in [3.05, 3.63) is 60.2 Å². The molecule has 1 aliphatic rings. The van der Waals surface area contributed by atoms with Gasteiger partial charge < -0.3 is 15.4 Å². The van der Waals surface area contributed by atoms with Gasteiger partial charge in [0, 0.05) is 19.0 Å². The molecule has 1 aliphatic heterocycles. The van der Waals surface area contributed by atoms with Gasteiger partial charge in [0.05, 0.1) is 5.69 Å². The van der Waals surface area contributed by atoms with Crippen molar-refractivity contribution in [1.29, 1.82) is 0 Å². The van der Waals surface area contributed by atoms with Gasteiger partial charge in [0.15, 0.2) is 0 Å². The number of likely N-dealkylation sites (tertiary alicyclic amines) is 1. The highest BCUT2D eigenvalue weighted by Gasteiger charge is 2.30. The molecule has 0 amide bonds. The highest BCUT2D eigenvalue weighted by Crippen LogP contribution is 2.32. The van der Waals surface area contributed by atoms with Gasteiger partial charge in [-0.05, 0) is 31.2 Å². The predicted molar refractivity (Wildman–Crippen MR) is 86.6 cm³/mol. The molecule has 0 bridgehead atoms. The molecule has 0 radical (unpaired) electrons. The number of rotatable bonds is 3. The van der Waals surface area contributed by atoms with Crippen molar-refractivity contribution in [1.82, 2.24) is 4.90 Å². The molecule has 0 saturated carbocycles. The molecule has 2 atom stereocenters. The van der Waals surface area contributed by atoms with Crippen molar-refractivity contribution in [3.8, 4) is 5.75 Å². The molecule has 2 N–H and O–H groups in total. The Bertz CT molecular complexity index is 585. The van der Waals surface area contributed by atoms with E-state index in [1.807, 2.05) is 24.3 Å². The van der Waals surface area contributed by atoms with E-state index in [-0.39, 0.29) is 6.10 Å². The van der Waals surface area contributed by atoms with Crippen molar-refractivity contribution < 1.29 is 4.74 Å². The summed E-state index contributed by atoms with van der Waals surface area (Å²) in [4.78, 5) is 2.37. The van der Waals surface area contributed by atoms with Crippen molar-refractivity contribution in [2.75, 3.05) is 25.9 Å². The monoisotopic (exact) mass is 282 g/mol. The van der Waals surface area contributed by atoms with E-state index in [1.165, 1.54) is 5.56 Å². The molecule has 3 heteroatoms. The maximum atomic E-state index is 6.25. The molecule has 0 spiro atoms. The molecule has 0 aromatic heterocycles. The second-order valence-corrected chi connectivity index (χ2v) is 5.76. The van der Waals surface area contributed by atoms with Crippen LogP contribution in [-0.2, 0) is 0 Å². The van der Waals surface area contributed by atoms with Gasteiger partial charge in [-0.25, -0.2) is 0 Å². The van der Waals surface area contributed by atoms with Crippen LogP contribution in [0, 0.1) is 0 Å². The van der Waals surface area contributed by atoms with Gasteiger partial charge >= 0.3 is 0 Å². The molecule has 1 fully saturated rings. The van der Waals surface area contributed by atoms with E-state index >= 15 is 0 Å². The third-order valence-corrected chi connectivity index (χ3v) is 4.18. The summed E-state index contributed by atoms with van der Waals surface area (Å²) in [6, 6.07) is 18.4. The zero-order chi connectivity index (χ0) is 14.7. The van der Waals surface area contributed by atoms with Crippen LogP contribution in [0.5, 0.6) is 5.75 Å². The molecule has 2 aromatic rings. The zero-order valence-corrected chi connectivity index (χ0v) is 12.4. The highest BCUT2D eigenvalue weighted by atomic mass is 16.5. The van der Waals surface area contributed by atoms with Crippen molar-refractivity contribution >= 4 is 5.69 Å². The van der Waals surface area contributed by atoms with E-state index in [0.717, 1.165) is 25.3 Å². The van der Waals surface area contributed by atoms with E-state index in [9.17, 15) is 0 Å². The SMILES string of the molecule is CN1CC[C@@H](Oc2ccccc2N)[C@H](c2ccccc2)C1. The number of piperidine rings is 1. The maximum absolute atomic E-state index is 6.25. The Morgan fingerprint density at radius 1 is 1.05 bits per heavy atom. The number of ether oxygens (including phenoxy) is 1. The lowest BCUT2D eigenvalue weighted by Crippen LogP contribution is -2.42. The summed E-state index contributed by atoms with van der Waals surface area (Å²) >= 11 is 0. The predicted octanol–water partition coefficient (Wildman–Crippen LogP) is 3.14. The third kappa shape index (κ3) is 3.19. The normalized spacial score (nSPS) is 22.9. The second kappa shape index (κ2) is 6.19. The Hall–Kier alpha value is -2.00. The van der Waals surface area contributed by atoms with Gasteiger partial charge in [-0.3, -0.25) is 0 Å². The average Bonchev–Trinajstić information content (AvgIpc) is 2.52. The Morgan fingerprint density at radius 3 is 2.52 bits per heavy atom. The van der Waals surface area contributed by atoms with E-state index in [2.05, 4.69) is 42.3 Å². The highest BCUT2D eigenvalue weighted by molar-refractivity contribution is 5.52. The van der Waals surface area contributed by atoms with Crippen molar-refractivity contribution in [3.63, 3.8) is 0 Å². The van der Waals surface area contributed by atoms with E-state index < -0.39 is 0 Å². The van der Waals surface area contributed by atoms with Crippen LogP contribution in [0.1, 0.15) is 17.9 Å². The quantitative estimate of drug-likeness (QED) is 0.879. The Morgan fingerprint density at radius 2 is 1.76 bits per heavy atom. The first-order chi connectivity index (χ1) is 10.2. The van der Waals surface area contributed by atoms with Gasteiger partial charge in [0.1, 0.15) is 11.9 Å². The molecule has 21 heavy (non-hydrogen) atoms. The summed E-state index contributed by atoms with van der Waals surface area (Å²) in [7, 11) is 2.17. The van der Waals surface area contributed by atoms with Crippen LogP contribution in [0.15, 0.2) is 54.6 Å². The summed E-state index contributed by atoms with van der Waals surface area (Å²) in [6.07, 6.45) is 1.19. The summed E-state index contributed by atoms with van der Waals surface area (Å²) in [5.74, 6) is 1.18. The number of nitrogens with zero attached hydrogens (tertiary/aromatic N) is 1. The second-order valence-electron chi connectivity index (χ2n) is 5.76. The smallest absolute Gasteiger partial charge is 0.142 e. The number of benzene rings is 2. The number of hydrogen-bond donors (Lipinski definition) is 1. The summed E-state index contributed by atoms with van der Waals surface area (Å²) in [5, 5.41) is 0. The van der Waals surface area contributed by atoms with Crippen LogP contribution >= 0.6 is 0 Å². The Balaban J connectivity index is 1.83. The van der Waals surface area contributed by atoms with Gasteiger partial charge in [-0.2, -0.15) is 0 Å². The molecule has 3 nitrogen and oxygen atoms in total. The van der Waals surface area contributed by atoms with Crippen LogP contribution in [0.3, 0.4) is 0 Å². The van der Waals surface area contributed by atoms with Gasteiger partial charge in [-0.15, -0.1) is 0 Å². The van der Waals surface area contributed by atoms with Crippen LogP contribution in [0.4, 0.5) is 5.69 Å². The number of hydrogen-bond acceptors (Lipinski definition) is 3. The largest absolute Gasteiger partial charge is 0.488 e. The fourth-order valence-corrected chi connectivity index (χ4v) is 3.01. The summed E-state index contributed by atoms with van der Waals surface area (Å²) in [6.45, 7) is 2.07. The van der Waals surface area contributed by atoms with Gasteiger partial charge in [0.2, 0.25) is 0 Å². The number of para-hydroxylation sites is 2. The first-order valence-corrected chi connectivity index (χ1v) is 7.48. The first kappa shape index (κ1) is 14.0. The first-order valence-electron chi connectivity index (χ1n) is 7.48. The third-order valence-electron chi connectivity index (χ3n) is 4.18. The lowest BCUT2D eigenvalue weighted by atomic mass is 9.88. The molecular formula is C18H22N2O. The maximum Gasteiger partial charge on any atom is 0.142 e.